The van der Waals surface area contributed by atoms with Gasteiger partial charge in [-0.2, -0.15) is 22.5 Å². The summed E-state index contributed by atoms with van der Waals surface area (Å²) in [6.07, 6.45) is 2.20. The minimum absolute atomic E-state index is 0.126. The van der Waals surface area contributed by atoms with Crippen LogP contribution >= 0.6 is 0 Å². The summed E-state index contributed by atoms with van der Waals surface area (Å²) >= 11 is 0. The quantitative estimate of drug-likeness (QED) is 0.745. The second-order valence-electron chi connectivity index (χ2n) is 8.37. The largest absolute Gasteiger partial charge is 0.339 e. The van der Waals surface area contributed by atoms with E-state index >= 15 is 0 Å². The maximum atomic E-state index is 13.3. The molecule has 9 nitrogen and oxygen atoms in total. The van der Waals surface area contributed by atoms with Crippen molar-refractivity contribution in [3.05, 3.63) is 53.3 Å². The molecular formula is C21H30N6O3S. The van der Waals surface area contributed by atoms with E-state index in [1.54, 1.807) is 16.6 Å². The number of benzene rings is 1. The Morgan fingerprint density at radius 2 is 1.81 bits per heavy atom. The summed E-state index contributed by atoms with van der Waals surface area (Å²) in [5, 5.41) is 4.32. The SMILES string of the molecule is Cc1nn(C)cc1[C@@H]1C[C@H](C(=O)N2CCN(Cc3ccccc3)CC2)N(C)S(=O)(=O)N1. The van der Waals surface area contributed by atoms with Gasteiger partial charge in [0.15, 0.2) is 0 Å². The highest BCUT2D eigenvalue weighted by atomic mass is 32.2. The molecule has 1 aromatic carbocycles. The van der Waals surface area contributed by atoms with Crippen LogP contribution in [0.15, 0.2) is 36.5 Å². The second-order valence-corrected chi connectivity index (χ2v) is 10.1. The van der Waals surface area contributed by atoms with Crippen molar-refractivity contribution in [3.63, 3.8) is 0 Å². The topological polar surface area (TPSA) is 90.8 Å². The number of nitrogens with one attached hydrogen (secondary N) is 1. The molecular weight excluding hydrogens is 416 g/mol. The number of amides is 1. The van der Waals surface area contributed by atoms with E-state index in [1.807, 2.05) is 31.3 Å². The highest BCUT2D eigenvalue weighted by Gasteiger charge is 2.43. The molecule has 0 bridgehead atoms. The fourth-order valence-electron chi connectivity index (χ4n) is 4.44. The Morgan fingerprint density at radius 3 is 2.42 bits per heavy atom. The van der Waals surface area contributed by atoms with Crippen LogP contribution in [0.2, 0.25) is 0 Å². The number of carbonyl (C=O) groups excluding carboxylic acids is 1. The van der Waals surface area contributed by atoms with Gasteiger partial charge in [-0.1, -0.05) is 30.3 Å². The summed E-state index contributed by atoms with van der Waals surface area (Å²) < 4.78 is 31.0. The van der Waals surface area contributed by atoms with Crippen LogP contribution in [0.25, 0.3) is 0 Å². The van der Waals surface area contributed by atoms with Gasteiger partial charge in [0.25, 0.3) is 10.2 Å². The normalized spacial score (nSPS) is 24.9. The summed E-state index contributed by atoms with van der Waals surface area (Å²) in [5.41, 5.74) is 2.83. The lowest BCUT2D eigenvalue weighted by molar-refractivity contribution is -0.137. The zero-order valence-electron chi connectivity index (χ0n) is 18.2. The minimum atomic E-state index is -3.76. The van der Waals surface area contributed by atoms with Crippen molar-refractivity contribution in [2.45, 2.75) is 32.0 Å². The Balaban J connectivity index is 1.44. The van der Waals surface area contributed by atoms with Gasteiger partial charge in [-0.15, -0.1) is 0 Å². The molecule has 168 valence electrons. The lowest BCUT2D eigenvalue weighted by Crippen LogP contribution is -2.60. The van der Waals surface area contributed by atoms with Crippen LogP contribution in [0.1, 0.15) is 29.3 Å². The third-order valence-corrected chi connectivity index (χ3v) is 7.81. The standard InChI is InChI=1S/C21H30N6O3S/c1-16-18(15-24(2)22-16)19-13-20(25(3)31(29,30)23-19)21(28)27-11-9-26(10-12-27)14-17-7-5-4-6-8-17/h4-8,15,19-20,23H,9-14H2,1-3H3/t19-,20+/m0/s1. The molecule has 1 amide bonds. The van der Waals surface area contributed by atoms with Gasteiger partial charge in [0.1, 0.15) is 6.04 Å². The summed E-state index contributed by atoms with van der Waals surface area (Å²) in [5.74, 6) is -0.126. The number of aromatic nitrogens is 2. The lowest BCUT2D eigenvalue weighted by atomic mass is 9.99. The molecule has 2 aliphatic rings. The summed E-state index contributed by atoms with van der Waals surface area (Å²) in [6.45, 7) is 5.44. The molecule has 0 spiro atoms. The number of aryl methyl sites for hydroxylation is 2. The van der Waals surface area contributed by atoms with Crippen molar-refractivity contribution in [1.82, 2.24) is 28.6 Å². The Kier molecular flexibility index (Phi) is 6.16. The van der Waals surface area contributed by atoms with Crippen LogP contribution in [0.4, 0.5) is 0 Å². The van der Waals surface area contributed by atoms with Gasteiger partial charge in [0.2, 0.25) is 5.91 Å². The van der Waals surface area contributed by atoms with Crippen molar-refractivity contribution >= 4 is 16.1 Å². The van der Waals surface area contributed by atoms with Crippen LogP contribution in [-0.2, 0) is 28.6 Å². The van der Waals surface area contributed by atoms with Gasteiger partial charge in [-0.25, -0.2) is 0 Å². The van der Waals surface area contributed by atoms with Gasteiger partial charge in [0, 0.05) is 58.6 Å². The lowest BCUT2D eigenvalue weighted by Gasteiger charge is -2.41. The van der Waals surface area contributed by atoms with Gasteiger partial charge >= 0.3 is 0 Å². The maximum absolute atomic E-state index is 13.3. The average Bonchev–Trinajstić information content (AvgIpc) is 3.09. The van der Waals surface area contributed by atoms with Crippen molar-refractivity contribution in [2.75, 3.05) is 33.2 Å². The molecule has 3 heterocycles. The zero-order valence-corrected chi connectivity index (χ0v) is 19.0. The fourth-order valence-corrected chi connectivity index (χ4v) is 5.70. The van der Waals surface area contributed by atoms with Crippen LogP contribution in [0, 0.1) is 6.92 Å². The molecule has 10 heteroatoms. The molecule has 2 atom stereocenters. The number of piperazine rings is 1. The molecule has 0 saturated carbocycles. The van der Waals surface area contributed by atoms with Crippen LogP contribution in [-0.4, -0.2) is 77.5 Å². The summed E-state index contributed by atoms with van der Waals surface area (Å²) in [6, 6.07) is 9.08. The third kappa shape index (κ3) is 4.67. The smallest absolute Gasteiger partial charge is 0.280 e. The van der Waals surface area contributed by atoms with Crippen molar-refractivity contribution in [3.8, 4) is 0 Å². The first-order chi connectivity index (χ1) is 14.7. The van der Waals surface area contributed by atoms with E-state index in [1.165, 1.54) is 16.9 Å². The van der Waals surface area contributed by atoms with Crippen molar-refractivity contribution < 1.29 is 13.2 Å². The predicted octanol–water partition coefficient (Wildman–Crippen LogP) is 0.653. The van der Waals surface area contributed by atoms with E-state index < -0.39 is 22.3 Å². The molecule has 0 unspecified atom stereocenters. The van der Waals surface area contributed by atoms with Gasteiger partial charge in [0.05, 0.1) is 11.7 Å². The molecule has 4 rings (SSSR count). The maximum Gasteiger partial charge on any atom is 0.280 e. The number of hydrogen-bond acceptors (Lipinski definition) is 5. The Hall–Kier alpha value is -2.27. The van der Waals surface area contributed by atoms with E-state index in [2.05, 4.69) is 26.9 Å². The molecule has 1 aromatic heterocycles. The van der Waals surface area contributed by atoms with E-state index in [0.29, 0.717) is 19.5 Å². The molecule has 2 aromatic rings. The van der Waals surface area contributed by atoms with Crippen molar-refractivity contribution in [2.24, 2.45) is 7.05 Å². The van der Waals surface area contributed by atoms with Crippen LogP contribution in [0.5, 0.6) is 0 Å². The van der Waals surface area contributed by atoms with E-state index in [-0.39, 0.29) is 5.91 Å². The van der Waals surface area contributed by atoms with Crippen LogP contribution < -0.4 is 4.72 Å². The molecule has 0 aliphatic carbocycles. The summed E-state index contributed by atoms with van der Waals surface area (Å²) in [7, 11) is -0.484. The van der Waals surface area contributed by atoms with Gasteiger partial charge in [-0.3, -0.25) is 14.4 Å². The number of hydrogen-bond donors (Lipinski definition) is 1. The zero-order chi connectivity index (χ0) is 22.2. The summed E-state index contributed by atoms with van der Waals surface area (Å²) in [4.78, 5) is 17.5. The Morgan fingerprint density at radius 1 is 1.13 bits per heavy atom. The van der Waals surface area contributed by atoms with E-state index in [4.69, 9.17) is 0 Å². The molecule has 2 saturated heterocycles. The van der Waals surface area contributed by atoms with Crippen LogP contribution in [0.3, 0.4) is 0 Å². The predicted molar refractivity (Wildman–Crippen MR) is 117 cm³/mol. The Labute approximate surface area is 183 Å². The third-order valence-electron chi connectivity index (χ3n) is 6.21. The molecule has 31 heavy (non-hydrogen) atoms. The average molecular weight is 447 g/mol. The van der Waals surface area contributed by atoms with E-state index in [9.17, 15) is 13.2 Å². The number of likely N-dealkylation sites (N-methyl/N-ethyl adjacent to an activating group) is 1. The number of rotatable bonds is 4. The molecule has 0 radical (unpaired) electrons. The first kappa shape index (κ1) is 21.9. The van der Waals surface area contributed by atoms with Gasteiger partial charge in [-0.05, 0) is 18.9 Å². The van der Waals surface area contributed by atoms with Gasteiger partial charge < -0.3 is 4.90 Å². The first-order valence-corrected chi connectivity index (χ1v) is 12.0. The number of carbonyl (C=O) groups is 1. The minimum Gasteiger partial charge on any atom is -0.339 e. The molecule has 1 N–H and O–H groups in total. The molecule has 2 fully saturated rings. The first-order valence-electron chi connectivity index (χ1n) is 10.5. The second kappa shape index (κ2) is 8.70. The fraction of sp³-hybridized carbons (Fsp3) is 0.524. The highest BCUT2D eigenvalue weighted by Crippen LogP contribution is 2.30. The number of nitrogens with zero attached hydrogens (tertiary/aromatic N) is 5. The molecule has 2 aliphatic heterocycles. The van der Waals surface area contributed by atoms with E-state index in [0.717, 1.165) is 30.9 Å². The van der Waals surface area contributed by atoms with Crippen molar-refractivity contribution in [1.29, 1.82) is 0 Å². The Bertz CT molecular complexity index is 1030. The highest BCUT2D eigenvalue weighted by molar-refractivity contribution is 7.87. The monoisotopic (exact) mass is 446 g/mol.